The molecule has 0 bridgehead atoms. The first-order valence-corrected chi connectivity index (χ1v) is 9.53. The second-order valence-electron chi connectivity index (χ2n) is 4.70. The Labute approximate surface area is 137 Å². The van der Waals surface area contributed by atoms with E-state index in [1.165, 1.54) is 11.3 Å². The molecule has 0 spiro atoms. The SMILES string of the molecule is CNCCc1ccc(S(=O)(=O)Nc2cc(C)cc(Br)c2)s1. The summed E-state index contributed by atoms with van der Waals surface area (Å²) in [5.74, 6) is 0. The number of halogens is 1. The van der Waals surface area contributed by atoms with Gasteiger partial charge in [0.1, 0.15) is 4.21 Å². The molecule has 0 aliphatic carbocycles. The Hall–Kier alpha value is -0.890. The number of anilines is 1. The van der Waals surface area contributed by atoms with Crippen molar-refractivity contribution >= 4 is 43.0 Å². The van der Waals surface area contributed by atoms with Gasteiger partial charge < -0.3 is 5.32 Å². The average molecular weight is 389 g/mol. The number of aryl methyl sites for hydroxylation is 1. The van der Waals surface area contributed by atoms with Gasteiger partial charge in [-0.2, -0.15) is 0 Å². The van der Waals surface area contributed by atoms with E-state index in [-0.39, 0.29) is 0 Å². The monoisotopic (exact) mass is 388 g/mol. The third-order valence-corrected chi connectivity index (χ3v) is 6.29. The molecule has 2 N–H and O–H groups in total. The molecule has 0 atom stereocenters. The van der Waals surface area contributed by atoms with Crippen molar-refractivity contribution in [2.45, 2.75) is 17.6 Å². The highest BCUT2D eigenvalue weighted by atomic mass is 79.9. The molecule has 1 heterocycles. The molecule has 114 valence electrons. The van der Waals surface area contributed by atoms with E-state index >= 15 is 0 Å². The molecule has 4 nitrogen and oxygen atoms in total. The van der Waals surface area contributed by atoms with Crippen LogP contribution in [0.15, 0.2) is 39.0 Å². The molecular formula is C14H17BrN2O2S2. The van der Waals surface area contributed by atoms with Crippen molar-refractivity contribution in [3.63, 3.8) is 0 Å². The second kappa shape index (κ2) is 6.91. The molecule has 0 aliphatic heterocycles. The van der Waals surface area contributed by atoms with Crippen LogP contribution in [0.3, 0.4) is 0 Å². The maximum Gasteiger partial charge on any atom is 0.271 e. The fourth-order valence-electron chi connectivity index (χ4n) is 1.89. The molecule has 0 aliphatic rings. The van der Waals surface area contributed by atoms with Crippen LogP contribution in [-0.2, 0) is 16.4 Å². The first-order valence-electron chi connectivity index (χ1n) is 6.44. The van der Waals surface area contributed by atoms with Crippen LogP contribution in [0.1, 0.15) is 10.4 Å². The van der Waals surface area contributed by atoms with Gasteiger partial charge in [0.15, 0.2) is 0 Å². The number of nitrogens with one attached hydrogen (secondary N) is 2. The summed E-state index contributed by atoms with van der Waals surface area (Å²) >= 11 is 4.68. The highest BCUT2D eigenvalue weighted by molar-refractivity contribution is 9.10. The molecule has 1 aromatic heterocycles. The highest BCUT2D eigenvalue weighted by Crippen LogP contribution is 2.26. The van der Waals surface area contributed by atoms with Crippen LogP contribution in [0.25, 0.3) is 0 Å². The van der Waals surface area contributed by atoms with Crippen LogP contribution in [0.2, 0.25) is 0 Å². The lowest BCUT2D eigenvalue weighted by Crippen LogP contribution is -2.11. The van der Waals surface area contributed by atoms with Gasteiger partial charge >= 0.3 is 0 Å². The van der Waals surface area contributed by atoms with Crippen molar-refractivity contribution in [3.05, 3.63) is 45.2 Å². The van der Waals surface area contributed by atoms with E-state index in [4.69, 9.17) is 0 Å². The van der Waals surface area contributed by atoms with E-state index in [0.29, 0.717) is 9.90 Å². The first kappa shape index (κ1) is 16.5. The van der Waals surface area contributed by atoms with E-state index in [0.717, 1.165) is 27.9 Å². The molecule has 0 unspecified atom stereocenters. The van der Waals surface area contributed by atoms with Crippen LogP contribution in [0.5, 0.6) is 0 Å². The van der Waals surface area contributed by atoms with Crippen molar-refractivity contribution < 1.29 is 8.42 Å². The number of benzene rings is 1. The van der Waals surface area contributed by atoms with Crippen molar-refractivity contribution in [1.82, 2.24) is 5.32 Å². The predicted molar refractivity (Wildman–Crippen MR) is 91.6 cm³/mol. The smallest absolute Gasteiger partial charge is 0.271 e. The number of thiophene rings is 1. The van der Waals surface area contributed by atoms with Crippen molar-refractivity contribution in [2.24, 2.45) is 0 Å². The largest absolute Gasteiger partial charge is 0.319 e. The van der Waals surface area contributed by atoms with Crippen molar-refractivity contribution in [3.8, 4) is 0 Å². The van der Waals surface area contributed by atoms with Gasteiger partial charge in [0.05, 0.1) is 5.69 Å². The van der Waals surface area contributed by atoms with E-state index in [1.54, 1.807) is 18.2 Å². The molecule has 7 heteroatoms. The number of likely N-dealkylation sites (N-methyl/N-ethyl adjacent to an activating group) is 1. The van der Waals surface area contributed by atoms with Crippen LogP contribution < -0.4 is 10.0 Å². The lowest BCUT2D eigenvalue weighted by molar-refractivity contribution is 0.603. The second-order valence-corrected chi connectivity index (χ2v) is 8.69. The zero-order valence-corrected chi connectivity index (χ0v) is 15.0. The van der Waals surface area contributed by atoms with Gasteiger partial charge in [-0.05, 0) is 62.8 Å². The Bertz CT molecular complexity index is 706. The summed E-state index contributed by atoms with van der Waals surface area (Å²) < 4.78 is 28.6. The van der Waals surface area contributed by atoms with Gasteiger partial charge in [0.25, 0.3) is 10.0 Å². The fourth-order valence-corrected chi connectivity index (χ4v) is 4.89. The number of rotatable bonds is 6. The van der Waals surface area contributed by atoms with Gasteiger partial charge in [-0.15, -0.1) is 11.3 Å². The standard InChI is InChI=1S/C14H17BrN2O2S2/c1-10-7-11(15)9-12(8-10)17-21(18,19)14-4-3-13(20-14)5-6-16-2/h3-4,7-9,16-17H,5-6H2,1-2H3. The third-order valence-electron chi connectivity index (χ3n) is 2.82. The quantitative estimate of drug-likeness (QED) is 0.797. The summed E-state index contributed by atoms with van der Waals surface area (Å²) in [7, 11) is -1.65. The van der Waals surface area contributed by atoms with Crippen LogP contribution in [0, 0.1) is 6.92 Å². The number of hydrogen-bond acceptors (Lipinski definition) is 4. The van der Waals surface area contributed by atoms with Crippen LogP contribution in [0.4, 0.5) is 5.69 Å². The lowest BCUT2D eigenvalue weighted by Gasteiger charge is -2.07. The Morgan fingerprint density at radius 1 is 1.24 bits per heavy atom. The topological polar surface area (TPSA) is 58.2 Å². The molecule has 0 fully saturated rings. The normalized spacial score (nSPS) is 11.6. The minimum Gasteiger partial charge on any atom is -0.319 e. The van der Waals surface area contributed by atoms with E-state index < -0.39 is 10.0 Å². The Kier molecular flexibility index (Phi) is 5.43. The Morgan fingerprint density at radius 2 is 2.00 bits per heavy atom. The molecule has 1 aromatic carbocycles. The Morgan fingerprint density at radius 3 is 2.67 bits per heavy atom. The summed E-state index contributed by atoms with van der Waals surface area (Å²) in [4.78, 5) is 1.05. The molecule has 0 saturated carbocycles. The molecule has 0 radical (unpaired) electrons. The summed E-state index contributed by atoms with van der Waals surface area (Å²) in [6.07, 6.45) is 0.826. The van der Waals surface area contributed by atoms with E-state index in [2.05, 4.69) is 26.0 Å². The maximum atomic E-state index is 12.4. The minimum atomic E-state index is -3.52. The van der Waals surface area contributed by atoms with Gasteiger partial charge in [0.2, 0.25) is 0 Å². The molecule has 2 aromatic rings. The number of sulfonamides is 1. The first-order chi connectivity index (χ1) is 9.90. The number of hydrogen-bond donors (Lipinski definition) is 2. The maximum absolute atomic E-state index is 12.4. The summed E-state index contributed by atoms with van der Waals surface area (Å²) in [6, 6.07) is 9.00. The zero-order valence-electron chi connectivity index (χ0n) is 11.8. The summed E-state index contributed by atoms with van der Waals surface area (Å²) in [6.45, 7) is 2.75. The lowest BCUT2D eigenvalue weighted by atomic mass is 10.2. The molecular weight excluding hydrogens is 372 g/mol. The zero-order chi connectivity index (χ0) is 15.5. The Balaban J connectivity index is 2.19. The van der Waals surface area contributed by atoms with Gasteiger partial charge in [0, 0.05) is 9.35 Å². The van der Waals surface area contributed by atoms with Crippen molar-refractivity contribution in [1.29, 1.82) is 0 Å². The average Bonchev–Trinajstić information content (AvgIpc) is 2.84. The molecule has 2 rings (SSSR count). The fraction of sp³-hybridized carbons (Fsp3) is 0.286. The molecule has 0 saturated heterocycles. The minimum absolute atomic E-state index is 0.339. The van der Waals surface area contributed by atoms with Gasteiger partial charge in [-0.1, -0.05) is 15.9 Å². The summed E-state index contributed by atoms with van der Waals surface area (Å²) in [5, 5.41) is 3.05. The highest BCUT2D eigenvalue weighted by Gasteiger charge is 2.17. The third kappa shape index (κ3) is 4.54. The van der Waals surface area contributed by atoms with Crippen molar-refractivity contribution in [2.75, 3.05) is 18.3 Å². The van der Waals surface area contributed by atoms with Gasteiger partial charge in [-0.3, -0.25) is 4.72 Å². The molecule has 21 heavy (non-hydrogen) atoms. The van der Waals surface area contributed by atoms with Crippen LogP contribution in [-0.4, -0.2) is 22.0 Å². The van der Waals surface area contributed by atoms with Gasteiger partial charge in [-0.25, -0.2) is 8.42 Å². The predicted octanol–water partition coefficient (Wildman–Crippen LogP) is 3.38. The van der Waals surface area contributed by atoms with E-state index in [1.807, 2.05) is 26.1 Å². The van der Waals surface area contributed by atoms with E-state index in [9.17, 15) is 8.42 Å². The molecule has 0 amide bonds. The summed E-state index contributed by atoms with van der Waals surface area (Å²) in [5.41, 5.74) is 1.55. The van der Waals surface area contributed by atoms with Crippen LogP contribution >= 0.6 is 27.3 Å².